The number of rotatable bonds is 6. The Bertz CT molecular complexity index is 602. The standard InChI is InChI=1S/C16H19NO3/c1-3-6-13-15(18)14(16(17)20-13)11-7-5-8-12(10-11)19-9-4-2/h3,5,7-8,10,18H,1,4,6,9,17H2,2H3. The minimum absolute atomic E-state index is 0.0649. The molecule has 0 radical (unpaired) electrons. The second-order valence-corrected chi connectivity index (χ2v) is 4.48. The Morgan fingerprint density at radius 1 is 1.45 bits per heavy atom. The van der Waals surface area contributed by atoms with E-state index in [0.29, 0.717) is 24.4 Å². The summed E-state index contributed by atoms with van der Waals surface area (Å²) in [5, 5.41) is 10.2. The first-order valence-electron chi connectivity index (χ1n) is 6.61. The van der Waals surface area contributed by atoms with Gasteiger partial charge in [-0.3, -0.25) is 0 Å². The Kier molecular flexibility index (Phi) is 4.35. The van der Waals surface area contributed by atoms with Gasteiger partial charge in [-0.25, -0.2) is 0 Å². The fraction of sp³-hybridized carbons (Fsp3) is 0.250. The molecule has 0 bridgehead atoms. The molecular formula is C16H19NO3. The average Bonchev–Trinajstić information content (AvgIpc) is 2.72. The quantitative estimate of drug-likeness (QED) is 0.786. The molecule has 0 amide bonds. The van der Waals surface area contributed by atoms with Crippen molar-refractivity contribution in [3.8, 4) is 22.6 Å². The highest BCUT2D eigenvalue weighted by Crippen LogP contribution is 2.41. The van der Waals surface area contributed by atoms with E-state index in [-0.39, 0.29) is 11.6 Å². The molecule has 20 heavy (non-hydrogen) atoms. The van der Waals surface area contributed by atoms with Crippen LogP contribution >= 0.6 is 0 Å². The van der Waals surface area contributed by atoms with Gasteiger partial charge in [-0.05, 0) is 24.1 Å². The summed E-state index contributed by atoms with van der Waals surface area (Å²) < 4.78 is 11.0. The molecule has 0 saturated heterocycles. The van der Waals surface area contributed by atoms with Gasteiger partial charge >= 0.3 is 0 Å². The molecule has 4 heteroatoms. The lowest BCUT2D eigenvalue weighted by Crippen LogP contribution is -1.95. The summed E-state index contributed by atoms with van der Waals surface area (Å²) in [5.41, 5.74) is 7.13. The molecule has 1 aromatic heterocycles. The van der Waals surface area contributed by atoms with Crippen LogP contribution in [0.2, 0.25) is 0 Å². The predicted octanol–water partition coefficient (Wildman–Crippen LogP) is 3.75. The number of allylic oxidation sites excluding steroid dienone is 1. The van der Waals surface area contributed by atoms with E-state index in [1.165, 1.54) is 0 Å². The van der Waals surface area contributed by atoms with Crippen molar-refractivity contribution in [3.05, 3.63) is 42.7 Å². The number of aromatic hydroxyl groups is 1. The van der Waals surface area contributed by atoms with Crippen LogP contribution in [0.15, 0.2) is 41.3 Å². The second-order valence-electron chi connectivity index (χ2n) is 4.48. The van der Waals surface area contributed by atoms with Crippen LogP contribution < -0.4 is 10.5 Å². The second kappa shape index (κ2) is 6.19. The average molecular weight is 273 g/mol. The van der Waals surface area contributed by atoms with Crippen molar-refractivity contribution in [2.45, 2.75) is 19.8 Å². The lowest BCUT2D eigenvalue weighted by atomic mass is 10.1. The fourth-order valence-electron chi connectivity index (χ4n) is 2.00. The van der Waals surface area contributed by atoms with Gasteiger partial charge in [0, 0.05) is 6.42 Å². The Hall–Kier alpha value is -2.36. The molecular weight excluding hydrogens is 254 g/mol. The zero-order chi connectivity index (χ0) is 14.5. The zero-order valence-electron chi connectivity index (χ0n) is 11.6. The number of ether oxygens (including phenoxy) is 1. The first-order chi connectivity index (χ1) is 9.67. The van der Waals surface area contributed by atoms with Crippen LogP contribution in [0.5, 0.6) is 11.5 Å². The molecule has 1 heterocycles. The summed E-state index contributed by atoms with van der Waals surface area (Å²) in [7, 11) is 0. The molecule has 0 atom stereocenters. The van der Waals surface area contributed by atoms with Gasteiger partial charge in [-0.2, -0.15) is 0 Å². The van der Waals surface area contributed by atoms with Crippen LogP contribution in [0, 0.1) is 0 Å². The molecule has 3 N–H and O–H groups in total. The van der Waals surface area contributed by atoms with Crippen LogP contribution in [-0.4, -0.2) is 11.7 Å². The van der Waals surface area contributed by atoms with Crippen LogP contribution in [0.3, 0.4) is 0 Å². The molecule has 0 fully saturated rings. The van der Waals surface area contributed by atoms with E-state index in [4.69, 9.17) is 14.9 Å². The van der Waals surface area contributed by atoms with E-state index in [1.54, 1.807) is 6.08 Å². The predicted molar refractivity (Wildman–Crippen MR) is 79.9 cm³/mol. The van der Waals surface area contributed by atoms with E-state index in [1.807, 2.05) is 31.2 Å². The van der Waals surface area contributed by atoms with Gasteiger partial charge in [0.1, 0.15) is 5.75 Å². The van der Waals surface area contributed by atoms with Crippen molar-refractivity contribution in [1.29, 1.82) is 0 Å². The molecule has 0 aliphatic carbocycles. The smallest absolute Gasteiger partial charge is 0.202 e. The van der Waals surface area contributed by atoms with E-state index >= 15 is 0 Å². The maximum atomic E-state index is 10.2. The maximum Gasteiger partial charge on any atom is 0.202 e. The summed E-state index contributed by atoms with van der Waals surface area (Å²) in [6, 6.07) is 7.43. The van der Waals surface area contributed by atoms with E-state index < -0.39 is 0 Å². The third-order valence-electron chi connectivity index (χ3n) is 2.91. The number of anilines is 1. The highest BCUT2D eigenvalue weighted by Gasteiger charge is 2.18. The van der Waals surface area contributed by atoms with Crippen LogP contribution in [0.1, 0.15) is 19.1 Å². The minimum atomic E-state index is 0.0649. The maximum absolute atomic E-state index is 10.2. The van der Waals surface area contributed by atoms with Gasteiger partial charge < -0.3 is 20.0 Å². The van der Waals surface area contributed by atoms with Crippen LogP contribution in [0.25, 0.3) is 11.1 Å². The molecule has 0 unspecified atom stereocenters. The minimum Gasteiger partial charge on any atom is -0.504 e. The topological polar surface area (TPSA) is 68.6 Å². The summed E-state index contributed by atoms with van der Waals surface area (Å²) in [6.07, 6.45) is 3.03. The van der Waals surface area contributed by atoms with Crippen molar-refractivity contribution in [2.24, 2.45) is 0 Å². The highest BCUT2D eigenvalue weighted by molar-refractivity contribution is 5.80. The fourth-order valence-corrected chi connectivity index (χ4v) is 2.00. The summed E-state index contributed by atoms with van der Waals surface area (Å²) in [6.45, 7) is 6.32. The SMILES string of the molecule is C=CCc1oc(N)c(-c2cccc(OCCC)c2)c1O. The van der Waals surface area contributed by atoms with Gasteiger partial charge in [0.2, 0.25) is 5.88 Å². The van der Waals surface area contributed by atoms with Crippen molar-refractivity contribution in [1.82, 2.24) is 0 Å². The molecule has 2 aromatic rings. The highest BCUT2D eigenvalue weighted by atomic mass is 16.5. The Balaban J connectivity index is 2.38. The van der Waals surface area contributed by atoms with Gasteiger partial charge in [-0.1, -0.05) is 25.1 Å². The lowest BCUT2D eigenvalue weighted by molar-refractivity contribution is 0.317. The molecule has 0 aliphatic heterocycles. The van der Waals surface area contributed by atoms with Gasteiger partial charge in [0.15, 0.2) is 11.5 Å². The number of nitrogen functional groups attached to an aromatic ring is 1. The molecule has 0 saturated carbocycles. The number of nitrogens with two attached hydrogens (primary N) is 1. The monoisotopic (exact) mass is 273 g/mol. The Morgan fingerprint density at radius 3 is 2.95 bits per heavy atom. The first kappa shape index (κ1) is 14.1. The summed E-state index contributed by atoms with van der Waals surface area (Å²) in [5.74, 6) is 1.43. The van der Waals surface area contributed by atoms with Crippen LogP contribution in [-0.2, 0) is 6.42 Å². The lowest BCUT2D eigenvalue weighted by Gasteiger charge is -2.06. The van der Waals surface area contributed by atoms with E-state index in [9.17, 15) is 5.11 Å². The largest absolute Gasteiger partial charge is 0.504 e. The van der Waals surface area contributed by atoms with Crippen molar-refractivity contribution >= 4 is 5.88 Å². The van der Waals surface area contributed by atoms with E-state index in [0.717, 1.165) is 17.7 Å². The van der Waals surface area contributed by atoms with Gasteiger partial charge in [0.25, 0.3) is 0 Å². The third kappa shape index (κ3) is 2.79. The Morgan fingerprint density at radius 2 is 2.25 bits per heavy atom. The number of furan rings is 1. The molecule has 2 rings (SSSR count). The molecule has 4 nitrogen and oxygen atoms in total. The first-order valence-corrected chi connectivity index (χ1v) is 6.61. The summed E-state index contributed by atoms with van der Waals surface area (Å²) >= 11 is 0. The van der Waals surface area contributed by atoms with Gasteiger partial charge in [0.05, 0.1) is 12.2 Å². The number of hydrogen-bond acceptors (Lipinski definition) is 4. The molecule has 1 aromatic carbocycles. The van der Waals surface area contributed by atoms with Crippen LogP contribution in [0.4, 0.5) is 5.88 Å². The summed E-state index contributed by atoms with van der Waals surface area (Å²) in [4.78, 5) is 0. The number of hydrogen-bond donors (Lipinski definition) is 2. The molecule has 0 spiro atoms. The van der Waals surface area contributed by atoms with Gasteiger partial charge in [-0.15, -0.1) is 6.58 Å². The molecule has 0 aliphatic rings. The third-order valence-corrected chi connectivity index (χ3v) is 2.91. The Labute approximate surface area is 118 Å². The number of benzene rings is 1. The normalized spacial score (nSPS) is 10.4. The van der Waals surface area contributed by atoms with Crippen molar-refractivity contribution < 1.29 is 14.3 Å². The molecule has 106 valence electrons. The van der Waals surface area contributed by atoms with E-state index in [2.05, 4.69) is 6.58 Å². The van der Waals surface area contributed by atoms with Crippen molar-refractivity contribution in [2.75, 3.05) is 12.3 Å². The zero-order valence-corrected chi connectivity index (χ0v) is 11.6. The van der Waals surface area contributed by atoms with Crippen molar-refractivity contribution in [3.63, 3.8) is 0 Å².